The van der Waals surface area contributed by atoms with Gasteiger partial charge >= 0.3 is 0 Å². The van der Waals surface area contributed by atoms with Crippen molar-refractivity contribution in [2.24, 2.45) is 0 Å². The van der Waals surface area contributed by atoms with Gasteiger partial charge in [-0.25, -0.2) is 9.97 Å². The molecule has 25 heavy (non-hydrogen) atoms. The zero-order valence-corrected chi connectivity index (χ0v) is 14.8. The van der Waals surface area contributed by atoms with E-state index in [2.05, 4.69) is 25.6 Å². The fourth-order valence-corrected chi connectivity index (χ4v) is 3.95. The molecular weight excluding hydrogens is 354 g/mol. The number of nitrogens with zero attached hydrogens (tertiary/aromatic N) is 3. The molecule has 124 valence electrons. The Balaban J connectivity index is 1.50. The number of hydrogen-bond acceptors (Lipinski definition) is 7. The number of aromatic nitrogens is 3. The molecule has 4 aromatic rings. The van der Waals surface area contributed by atoms with Crippen molar-refractivity contribution >= 4 is 54.7 Å². The van der Waals surface area contributed by atoms with E-state index in [9.17, 15) is 4.79 Å². The van der Waals surface area contributed by atoms with Crippen LogP contribution in [0.3, 0.4) is 0 Å². The van der Waals surface area contributed by atoms with Crippen molar-refractivity contribution in [1.82, 2.24) is 15.0 Å². The van der Waals surface area contributed by atoms with E-state index in [4.69, 9.17) is 0 Å². The topological polar surface area (TPSA) is 79.8 Å². The Morgan fingerprint density at radius 3 is 2.84 bits per heavy atom. The summed E-state index contributed by atoms with van der Waals surface area (Å²) in [5.74, 6) is -0.271. The maximum atomic E-state index is 12.4. The predicted molar refractivity (Wildman–Crippen MR) is 102 cm³/mol. The van der Waals surface area contributed by atoms with Crippen molar-refractivity contribution in [3.8, 4) is 0 Å². The van der Waals surface area contributed by atoms with Gasteiger partial charge in [0, 0.05) is 11.6 Å². The van der Waals surface area contributed by atoms with Gasteiger partial charge in [-0.1, -0.05) is 23.5 Å². The van der Waals surface area contributed by atoms with E-state index in [0.29, 0.717) is 16.0 Å². The maximum absolute atomic E-state index is 12.4. The van der Waals surface area contributed by atoms with Crippen LogP contribution in [0.4, 0.5) is 16.0 Å². The van der Waals surface area contributed by atoms with Gasteiger partial charge in [0.2, 0.25) is 0 Å². The number of carbonyl (C=O) groups excluding carboxylic acids is 1. The lowest BCUT2D eigenvalue weighted by Gasteiger charge is -2.00. The van der Waals surface area contributed by atoms with Crippen LogP contribution < -0.4 is 10.6 Å². The molecule has 0 fully saturated rings. The molecule has 8 heteroatoms. The van der Waals surface area contributed by atoms with Crippen molar-refractivity contribution in [2.75, 3.05) is 10.6 Å². The number of rotatable bonds is 4. The van der Waals surface area contributed by atoms with Crippen LogP contribution in [0.1, 0.15) is 16.1 Å². The van der Waals surface area contributed by atoms with E-state index in [-0.39, 0.29) is 5.91 Å². The normalized spacial score (nSPS) is 10.8. The molecule has 0 unspecified atom stereocenters. The minimum atomic E-state index is -0.271. The second-order valence-electron chi connectivity index (χ2n) is 5.30. The van der Waals surface area contributed by atoms with E-state index in [1.54, 1.807) is 17.8 Å². The molecule has 3 heterocycles. The Morgan fingerprint density at radius 1 is 1.12 bits per heavy atom. The first kappa shape index (κ1) is 15.7. The quantitative estimate of drug-likeness (QED) is 0.557. The van der Waals surface area contributed by atoms with E-state index < -0.39 is 0 Å². The first-order valence-corrected chi connectivity index (χ1v) is 9.19. The Bertz CT molecular complexity index is 1040. The van der Waals surface area contributed by atoms with Crippen LogP contribution >= 0.6 is 22.7 Å². The Kier molecular flexibility index (Phi) is 4.12. The molecule has 4 rings (SSSR count). The number of aryl methyl sites for hydroxylation is 1. The molecule has 0 bridgehead atoms. The summed E-state index contributed by atoms with van der Waals surface area (Å²) in [5, 5.41) is 8.87. The second-order valence-corrected chi connectivity index (χ2v) is 7.19. The van der Waals surface area contributed by atoms with Gasteiger partial charge in [-0.2, -0.15) is 0 Å². The van der Waals surface area contributed by atoms with E-state index in [1.807, 2.05) is 37.3 Å². The molecule has 1 amide bonds. The molecule has 0 radical (unpaired) electrons. The predicted octanol–water partition coefficient (Wildman–Crippen LogP) is 4.45. The second kappa shape index (κ2) is 6.58. The fourth-order valence-electron chi connectivity index (χ4n) is 2.30. The Morgan fingerprint density at radius 2 is 2.04 bits per heavy atom. The molecular formula is C17H13N5OS2. The van der Waals surface area contributed by atoms with Crippen LogP contribution in [-0.2, 0) is 0 Å². The number of benzene rings is 1. The zero-order valence-electron chi connectivity index (χ0n) is 13.2. The average Bonchev–Trinajstić information content (AvgIpc) is 3.23. The Labute approximate surface area is 151 Å². The number of anilines is 3. The first-order chi connectivity index (χ1) is 12.2. The van der Waals surface area contributed by atoms with Crippen LogP contribution in [0.15, 0.2) is 48.1 Å². The molecule has 0 saturated carbocycles. The SMILES string of the molecule is Cc1cccc2sc(NC(=O)c3csc(Nc4cccnc4)n3)nc12. The van der Waals surface area contributed by atoms with Gasteiger partial charge in [0.1, 0.15) is 5.69 Å². The summed E-state index contributed by atoms with van der Waals surface area (Å²) < 4.78 is 1.05. The van der Waals surface area contributed by atoms with Gasteiger partial charge < -0.3 is 5.32 Å². The number of pyridine rings is 1. The lowest BCUT2D eigenvalue weighted by atomic mass is 10.2. The van der Waals surface area contributed by atoms with Crippen LogP contribution in [0.25, 0.3) is 10.2 Å². The van der Waals surface area contributed by atoms with Crippen molar-refractivity contribution in [3.05, 3.63) is 59.4 Å². The summed E-state index contributed by atoms with van der Waals surface area (Å²) >= 11 is 2.82. The summed E-state index contributed by atoms with van der Waals surface area (Å²) in [6.07, 6.45) is 3.40. The summed E-state index contributed by atoms with van der Waals surface area (Å²) in [7, 11) is 0. The highest BCUT2D eigenvalue weighted by molar-refractivity contribution is 7.22. The van der Waals surface area contributed by atoms with Gasteiger partial charge in [-0.3, -0.25) is 15.1 Å². The van der Waals surface area contributed by atoms with Crippen molar-refractivity contribution in [1.29, 1.82) is 0 Å². The largest absolute Gasteiger partial charge is 0.330 e. The number of thiazole rings is 2. The lowest BCUT2D eigenvalue weighted by Crippen LogP contribution is -2.12. The third kappa shape index (κ3) is 3.35. The van der Waals surface area contributed by atoms with E-state index in [0.717, 1.165) is 21.5 Å². The number of fused-ring (bicyclic) bond motifs is 1. The molecule has 0 aliphatic heterocycles. The Hall–Kier alpha value is -2.84. The van der Waals surface area contributed by atoms with Gasteiger partial charge in [0.25, 0.3) is 5.91 Å². The summed E-state index contributed by atoms with van der Waals surface area (Å²) in [5.41, 5.74) is 3.18. The average molecular weight is 367 g/mol. The van der Waals surface area contributed by atoms with Crippen LogP contribution in [0, 0.1) is 6.92 Å². The highest BCUT2D eigenvalue weighted by atomic mass is 32.1. The highest BCUT2D eigenvalue weighted by Crippen LogP contribution is 2.28. The monoisotopic (exact) mass is 367 g/mol. The molecule has 0 aliphatic rings. The first-order valence-electron chi connectivity index (χ1n) is 7.49. The third-order valence-corrected chi connectivity index (χ3v) is 5.18. The maximum Gasteiger partial charge on any atom is 0.276 e. The van der Waals surface area contributed by atoms with Crippen molar-refractivity contribution in [3.63, 3.8) is 0 Å². The summed E-state index contributed by atoms with van der Waals surface area (Å²) in [6.45, 7) is 2.00. The zero-order chi connectivity index (χ0) is 17.2. The number of amides is 1. The number of hydrogen-bond donors (Lipinski definition) is 2. The van der Waals surface area contributed by atoms with Crippen LogP contribution in [0.5, 0.6) is 0 Å². The fraction of sp³-hybridized carbons (Fsp3) is 0.0588. The molecule has 6 nitrogen and oxygen atoms in total. The summed E-state index contributed by atoms with van der Waals surface area (Å²) in [4.78, 5) is 25.2. The smallest absolute Gasteiger partial charge is 0.276 e. The standard InChI is InChI=1S/C17H13N5OS2/c1-10-4-2-6-13-14(10)21-17(25-13)22-15(23)12-9-24-16(20-12)19-11-5-3-7-18-8-11/h2-9H,1H3,(H,19,20)(H,21,22,23). The third-order valence-electron chi connectivity index (χ3n) is 3.49. The number of nitrogens with one attached hydrogen (secondary N) is 2. The van der Waals surface area contributed by atoms with Gasteiger partial charge in [-0.15, -0.1) is 11.3 Å². The number of carbonyl (C=O) groups is 1. The minimum Gasteiger partial charge on any atom is -0.330 e. The van der Waals surface area contributed by atoms with Crippen molar-refractivity contribution < 1.29 is 4.79 Å². The van der Waals surface area contributed by atoms with E-state index in [1.165, 1.54) is 22.7 Å². The van der Waals surface area contributed by atoms with Crippen LogP contribution in [0.2, 0.25) is 0 Å². The molecule has 2 N–H and O–H groups in total. The minimum absolute atomic E-state index is 0.271. The van der Waals surface area contributed by atoms with Gasteiger partial charge in [-0.05, 0) is 30.7 Å². The lowest BCUT2D eigenvalue weighted by molar-refractivity contribution is 0.102. The molecule has 1 aromatic carbocycles. The molecule has 0 atom stereocenters. The molecule has 0 aliphatic carbocycles. The molecule has 0 saturated heterocycles. The van der Waals surface area contributed by atoms with Crippen molar-refractivity contribution in [2.45, 2.75) is 6.92 Å². The van der Waals surface area contributed by atoms with Gasteiger partial charge in [0.05, 0.1) is 22.1 Å². The number of para-hydroxylation sites is 1. The molecule has 0 spiro atoms. The van der Waals surface area contributed by atoms with Gasteiger partial charge in [0.15, 0.2) is 10.3 Å². The van der Waals surface area contributed by atoms with E-state index >= 15 is 0 Å². The highest BCUT2D eigenvalue weighted by Gasteiger charge is 2.14. The van der Waals surface area contributed by atoms with Crippen LogP contribution in [-0.4, -0.2) is 20.9 Å². The molecule has 3 aromatic heterocycles. The summed E-state index contributed by atoms with van der Waals surface area (Å²) in [6, 6.07) is 9.70.